The number of aromatic hydroxyl groups is 1. The molecule has 1 saturated heterocycles. The average molecular weight is 787 g/mol. The largest absolute Gasteiger partial charge is 0.508 e. The van der Waals surface area contributed by atoms with E-state index in [0.717, 1.165) is 44.6 Å². The number of carbonyl (C=O) groups excluding carboxylic acids is 2. The molecule has 5 aromatic carbocycles. The highest BCUT2D eigenvalue weighted by atomic mass is 32.2. The van der Waals surface area contributed by atoms with Crippen molar-refractivity contribution in [2.75, 3.05) is 12.9 Å². The second-order valence-electron chi connectivity index (χ2n) is 13.5. The number of aliphatic hydroxyl groups is 1. The van der Waals surface area contributed by atoms with Crippen LogP contribution in [0.3, 0.4) is 0 Å². The van der Waals surface area contributed by atoms with Crippen LogP contribution >= 0.6 is 11.8 Å². The number of aliphatic hydroxyl groups excluding tert-OH is 1. The lowest BCUT2D eigenvalue weighted by atomic mass is 9.99. The normalized spacial score (nSPS) is 17.1. The Morgan fingerprint density at radius 1 is 0.860 bits per heavy atom. The number of benzene rings is 5. The van der Waals surface area contributed by atoms with Gasteiger partial charge in [-0.05, 0) is 80.2 Å². The number of phenols is 1. The molecule has 0 aliphatic carbocycles. The summed E-state index contributed by atoms with van der Waals surface area (Å²) >= 11 is 1.47. The third kappa shape index (κ3) is 10.2. The number of urea groups is 1. The number of ether oxygens (including phenoxy) is 3. The molecule has 13 nitrogen and oxygen atoms in total. The van der Waals surface area contributed by atoms with E-state index >= 15 is 0 Å². The molecule has 0 spiro atoms. The second-order valence-corrected chi connectivity index (χ2v) is 14.5. The Kier molecular flexibility index (Phi) is 12.9. The molecule has 7 rings (SSSR count). The van der Waals surface area contributed by atoms with Crippen molar-refractivity contribution in [3.8, 4) is 22.6 Å². The van der Waals surface area contributed by atoms with Crippen LogP contribution in [0, 0.1) is 0 Å². The van der Waals surface area contributed by atoms with Gasteiger partial charge in [-0.2, -0.15) is 4.68 Å². The van der Waals surface area contributed by atoms with Gasteiger partial charge in [-0.15, -0.1) is 5.10 Å². The van der Waals surface area contributed by atoms with Crippen molar-refractivity contribution in [3.63, 3.8) is 0 Å². The molecule has 1 aliphatic rings. The average Bonchev–Trinajstić information content (AvgIpc) is 3.74. The fraction of sp³-hybridized carbons (Fsp3) is 0.233. The zero-order valence-electron chi connectivity index (χ0n) is 31.1. The third-order valence-electron chi connectivity index (χ3n) is 9.49. The van der Waals surface area contributed by atoms with Crippen LogP contribution in [0.1, 0.15) is 46.6 Å². The lowest BCUT2D eigenvalue weighted by Gasteiger charge is -2.36. The van der Waals surface area contributed by atoms with Gasteiger partial charge < -0.3 is 35.1 Å². The number of esters is 1. The molecule has 2 heterocycles. The number of methoxy groups -OCH3 is 1. The van der Waals surface area contributed by atoms with Gasteiger partial charge >= 0.3 is 12.0 Å². The fourth-order valence-corrected chi connectivity index (χ4v) is 7.43. The zero-order chi connectivity index (χ0) is 39.6. The van der Waals surface area contributed by atoms with Crippen molar-refractivity contribution < 1.29 is 34.0 Å². The fourth-order valence-electron chi connectivity index (χ4n) is 6.52. The maximum absolute atomic E-state index is 12.9. The monoisotopic (exact) mass is 786 g/mol. The minimum Gasteiger partial charge on any atom is -0.508 e. The molecular weight excluding hydrogens is 745 g/mol. The number of hydrogen-bond donors (Lipinski definition) is 4. The predicted molar refractivity (Wildman–Crippen MR) is 213 cm³/mol. The number of amides is 2. The maximum Gasteiger partial charge on any atom is 0.328 e. The van der Waals surface area contributed by atoms with E-state index in [1.807, 2.05) is 103 Å². The van der Waals surface area contributed by atoms with Crippen molar-refractivity contribution in [1.29, 1.82) is 0 Å². The molecule has 57 heavy (non-hydrogen) atoms. The van der Waals surface area contributed by atoms with E-state index in [1.54, 1.807) is 28.9 Å². The predicted octanol–water partition coefficient (Wildman–Crippen LogP) is 6.45. The van der Waals surface area contributed by atoms with Gasteiger partial charge in [0.25, 0.3) is 0 Å². The number of rotatable bonds is 14. The highest BCUT2D eigenvalue weighted by Crippen LogP contribution is 2.40. The number of tetrazole rings is 1. The van der Waals surface area contributed by atoms with E-state index in [9.17, 15) is 19.8 Å². The summed E-state index contributed by atoms with van der Waals surface area (Å²) in [4.78, 5) is 25.4. The van der Waals surface area contributed by atoms with Gasteiger partial charge in [0.1, 0.15) is 11.8 Å². The quantitative estimate of drug-likeness (QED) is 0.0707. The van der Waals surface area contributed by atoms with Crippen LogP contribution in [0.25, 0.3) is 16.8 Å². The van der Waals surface area contributed by atoms with Gasteiger partial charge in [-0.3, -0.25) is 0 Å². The number of carbonyl (C=O) groups is 2. The third-order valence-corrected chi connectivity index (χ3v) is 10.5. The highest BCUT2D eigenvalue weighted by molar-refractivity contribution is 7.99. The summed E-state index contributed by atoms with van der Waals surface area (Å²) in [5.74, 6) is 0.171. The lowest BCUT2D eigenvalue weighted by Crippen LogP contribution is -2.47. The van der Waals surface area contributed by atoms with Gasteiger partial charge in [0.2, 0.25) is 5.16 Å². The van der Waals surface area contributed by atoms with Gasteiger partial charge in [-0.25, -0.2) is 9.59 Å². The Balaban J connectivity index is 1.05. The van der Waals surface area contributed by atoms with E-state index in [0.29, 0.717) is 23.8 Å². The van der Waals surface area contributed by atoms with Crippen LogP contribution in [0.15, 0.2) is 133 Å². The zero-order valence-corrected chi connectivity index (χ0v) is 31.9. The van der Waals surface area contributed by atoms with Crippen LogP contribution in [-0.4, -0.2) is 67.4 Å². The summed E-state index contributed by atoms with van der Waals surface area (Å²) in [6.07, 6.45) is -0.328. The summed E-state index contributed by atoms with van der Waals surface area (Å²) in [6.45, 7) is 0.188. The maximum atomic E-state index is 12.9. The number of nitrogens with zero attached hydrogens (tertiary/aromatic N) is 4. The topological polar surface area (TPSA) is 170 Å². The number of aromatic nitrogens is 4. The van der Waals surface area contributed by atoms with Crippen molar-refractivity contribution in [2.24, 2.45) is 0 Å². The molecule has 1 aliphatic heterocycles. The van der Waals surface area contributed by atoms with Crippen LogP contribution in [0.5, 0.6) is 5.75 Å². The van der Waals surface area contributed by atoms with Crippen molar-refractivity contribution >= 4 is 23.8 Å². The van der Waals surface area contributed by atoms with Crippen molar-refractivity contribution in [3.05, 3.63) is 155 Å². The Bertz CT molecular complexity index is 2260. The first-order valence-electron chi connectivity index (χ1n) is 18.4. The molecule has 0 bridgehead atoms. The van der Waals surface area contributed by atoms with Crippen LogP contribution in [0.4, 0.5) is 4.79 Å². The molecule has 6 aromatic rings. The Labute approximate surface area is 334 Å². The summed E-state index contributed by atoms with van der Waals surface area (Å²) in [7, 11) is 1.30. The molecule has 0 radical (unpaired) electrons. The first-order chi connectivity index (χ1) is 27.8. The summed E-state index contributed by atoms with van der Waals surface area (Å²) in [5, 5.41) is 37.8. The van der Waals surface area contributed by atoms with E-state index < -0.39 is 24.3 Å². The first-order valence-corrected chi connectivity index (χ1v) is 19.4. The number of thioether (sulfide) groups is 1. The second kappa shape index (κ2) is 18.7. The van der Waals surface area contributed by atoms with Crippen molar-refractivity contribution in [1.82, 2.24) is 30.8 Å². The van der Waals surface area contributed by atoms with E-state index in [4.69, 9.17) is 14.2 Å². The van der Waals surface area contributed by atoms with Gasteiger partial charge in [-0.1, -0.05) is 103 Å². The highest BCUT2D eigenvalue weighted by Gasteiger charge is 2.33. The molecule has 2 amide bonds. The number of phenolic OH excluding ortho intramolecular Hbond substituents is 1. The Morgan fingerprint density at radius 3 is 2.35 bits per heavy atom. The van der Waals surface area contributed by atoms with Gasteiger partial charge in [0.15, 0.2) is 6.29 Å². The molecular formula is C43H42N6O7S. The minimum atomic E-state index is -0.837. The standard InChI is InChI=1S/C43H42N6O7S/c1-54-40(52)38(22-28-7-3-2-4-8-28)45-42(53)44-25-30-9-5-10-32(21-30)33-11-6-12-34(23-33)41-55-37(24-39(56-41)31-15-13-29(26-50)14-16-31)27-57-43-46-47-48-49(43)35-17-19-36(51)20-18-35/h2-21,23,37-39,41,50-51H,22,24-27H2,1H3,(H2,44,45,53)/t37-,38-,39+,41+/m0/s1. The number of nitrogens with one attached hydrogen (secondary N) is 2. The molecule has 0 unspecified atom stereocenters. The van der Waals surface area contributed by atoms with Gasteiger partial charge in [0.05, 0.1) is 31.6 Å². The Hall–Kier alpha value is -6.06. The van der Waals surface area contributed by atoms with Gasteiger partial charge in [0, 0.05) is 30.7 Å². The summed E-state index contributed by atoms with van der Waals surface area (Å²) in [6, 6.07) is 38.4. The molecule has 4 atom stereocenters. The van der Waals surface area contributed by atoms with Crippen LogP contribution in [-0.2, 0) is 38.6 Å². The van der Waals surface area contributed by atoms with E-state index in [2.05, 4.69) is 26.2 Å². The molecule has 4 N–H and O–H groups in total. The van der Waals surface area contributed by atoms with E-state index in [1.165, 1.54) is 18.9 Å². The number of hydrogen-bond acceptors (Lipinski definition) is 11. The van der Waals surface area contributed by atoms with Crippen LogP contribution in [0.2, 0.25) is 0 Å². The molecule has 14 heteroatoms. The molecule has 1 fully saturated rings. The van der Waals surface area contributed by atoms with Crippen LogP contribution < -0.4 is 10.6 Å². The minimum absolute atomic E-state index is 0.0472. The summed E-state index contributed by atoms with van der Waals surface area (Å²) < 4.78 is 19.8. The smallest absolute Gasteiger partial charge is 0.328 e. The Morgan fingerprint density at radius 2 is 1.60 bits per heavy atom. The summed E-state index contributed by atoms with van der Waals surface area (Å²) in [5.41, 5.74) is 6.99. The molecule has 292 valence electrons. The molecule has 0 saturated carbocycles. The van der Waals surface area contributed by atoms with Crippen molar-refractivity contribution in [2.45, 2.75) is 55.7 Å². The first kappa shape index (κ1) is 39.2. The lowest BCUT2D eigenvalue weighted by molar-refractivity contribution is -0.245. The van der Waals surface area contributed by atoms with E-state index in [-0.39, 0.29) is 31.1 Å². The SMILES string of the molecule is COC(=O)[C@H](Cc1ccccc1)NC(=O)NCc1cccc(-c2cccc([C@@H]3O[C@H](CSc4nnnn4-c4ccc(O)cc4)C[C@H](c4ccc(CO)cc4)O3)c2)c1. The molecule has 1 aromatic heterocycles.